The summed E-state index contributed by atoms with van der Waals surface area (Å²) in [6.07, 6.45) is 0. The van der Waals surface area contributed by atoms with Crippen molar-refractivity contribution in [3.8, 4) is 0 Å². The van der Waals surface area contributed by atoms with Gasteiger partial charge < -0.3 is 4.74 Å². The van der Waals surface area contributed by atoms with Crippen molar-refractivity contribution in [1.82, 2.24) is 4.90 Å². The van der Waals surface area contributed by atoms with Gasteiger partial charge in [0.1, 0.15) is 4.20 Å². The summed E-state index contributed by atoms with van der Waals surface area (Å²) < 4.78 is 4.98. The number of rotatable bonds is 4. The quantitative estimate of drug-likeness (QED) is 0.304. The van der Waals surface area contributed by atoms with Gasteiger partial charge in [0.25, 0.3) is 5.69 Å². The Hall–Kier alpha value is -0.760. The van der Waals surface area contributed by atoms with E-state index in [9.17, 15) is 10.1 Å². The van der Waals surface area contributed by atoms with Crippen LogP contribution in [0.1, 0.15) is 6.92 Å². The molecule has 104 valence electrons. The highest BCUT2D eigenvalue weighted by Gasteiger charge is 2.30. The third-order valence-electron chi connectivity index (χ3n) is 2.96. The summed E-state index contributed by atoms with van der Waals surface area (Å²) in [5.74, 6) is 0. The van der Waals surface area contributed by atoms with E-state index in [1.807, 2.05) is 6.92 Å². The van der Waals surface area contributed by atoms with Crippen molar-refractivity contribution in [2.75, 3.05) is 26.3 Å². The Kier molecular flexibility index (Phi) is 4.72. The molecule has 1 unspecified atom stereocenters. The number of thioether (sulfide) groups is 1. The third-order valence-corrected chi connectivity index (χ3v) is 4.67. The Morgan fingerprint density at radius 3 is 2.47 bits per heavy atom. The van der Waals surface area contributed by atoms with Crippen LogP contribution in [-0.2, 0) is 4.74 Å². The molecule has 1 fully saturated rings. The van der Waals surface area contributed by atoms with Crippen molar-refractivity contribution < 1.29 is 9.66 Å². The highest BCUT2D eigenvalue weighted by Crippen LogP contribution is 2.39. The van der Waals surface area contributed by atoms with Gasteiger partial charge in [0.2, 0.25) is 0 Å². The van der Waals surface area contributed by atoms with E-state index in [2.05, 4.69) is 4.90 Å². The molecule has 1 aliphatic rings. The van der Waals surface area contributed by atoms with Gasteiger partial charge in [-0.2, -0.15) is 0 Å². The van der Waals surface area contributed by atoms with Gasteiger partial charge in [-0.15, -0.1) is 12.6 Å². The summed E-state index contributed by atoms with van der Waals surface area (Å²) in [7, 11) is 0. The molecule has 0 amide bonds. The molecule has 19 heavy (non-hydrogen) atoms. The van der Waals surface area contributed by atoms with Crippen molar-refractivity contribution in [2.45, 2.75) is 16.0 Å². The molecule has 0 saturated carbocycles. The van der Waals surface area contributed by atoms with Crippen molar-refractivity contribution in [1.29, 1.82) is 0 Å². The molecule has 1 saturated heterocycles. The number of hydrogen-bond donors (Lipinski definition) is 1. The Labute approximate surface area is 121 Å². The maximum atomic E-state index is 10.6. The maximum Gasteiger partial charge on any atom is 0.269 e. The average Bonchev–Trinajstić information content (AvgIpc) is 2.40. The molecule has 1 aromatic carbocycles. The average molecular weight is 300 g/mol. The molecule has 7 heteroatoms. The van der Waals surface area contributed by atoms with Crippen LogP contribution in [0.15, 0.2) is 29.2 Å². The summed E-state index contributed by atoms with van der Waals surface area (Å²) in [5, 5.41) is 10.6. The first kappa shape index (κ1) is 14.6. The third kappa shape index (κ3) is 3.85. The minimum atomic E-state index is -0.393. The molecule has 2 rings (SSSR count). The van der Waals surface area contributed by atoms with Crippen molar-refractivity contribution in [2.24, 2.45) is 0 Å². The summed E-state index contributed by atoms with van der Waals surface area (Å²) >= 11 is 6.29. The molecular formula is C12H16N2O3S2. The van der Waals surface area contributed by atoms with E-state index >= 15 is 0 Å². The zero-order valence-corrected chi connectivity index (χ0v) is 12.3. The second-order valence-corrected chi connectivity index (χ2v) is 7.03. The number of benzene rings is 1. The van der Waals surface area contributed by atoms with Gasteiger partial charge in [-0.1, -0.05) is 11.8 Å². The predicted molar refractivity (Wildman–Crippen MR) is 78.7 cm³/mol. The molecule has 0 aliphatic carbocycles. The molecule has 0 N–H and O–H groups in total. The molecule has 0 spiro atoms. The fraction of sp³-hybridized carbons (Fsp3) is 0.500. The maximum absolute atomic E-state index is 10.6. The number of hydrogen-bond acceptors (Lipinski definition) is 6. The lowest BCUT2D eigenvalue weighted by Gasteiger charge is -2.39. The number of morpholine rings is 1. The Bertz CT molecular complexity index is 445. The standard InChI is InChI=1S/C12H16N2O3S2/c1-12(18,13-6-8-17-9-7-13)19-11-4-2-10(3-5-11)14(15)16/h2-5,18H,6-9H2,1H3. The zero-order valence-electron chi connectivity index (χ0n) is 10.6. The van der Waals surface area contributed by atoms with Crippen LogP contribution in [0.3, 0.4) is 0 Å². The second kappa shape index (κ2) is 6.13. The van der Waals surface area contributed by atoms with Gasteiger partial charge in [-0.05, 0) is 19.1 Å². The fourth-order valence-electron chi connectivity index (χ4n) is 1.90. The molecule has 1 aliphatic heterocycles. The van der Waals surface area contributed by atoms with Crippen LogP contribution >= 0.6 is 24.4 Å². The first-order chi connectivity index (χ1) is 8.99. The summed E-state index contributed by atoms with van der Waals surface area (Å²) in [4.78, 5) is 13.4. The van der Waals surface area contributed by atoms with Gasteiger partial charge in [0.05, 0.1) is 18.1 Å². The van der Waals surface area contributed by atoms with Gasteiger partial charge in [-0.3, -0.25) is 15.0 Å². The summed E-state index contributed by atoms with van der Waals surface area (Å²) in [5.41, 5.74) is 0.108. The second-order valence-electron chi connectivity index (χ2n) is 4.39. The van der Waals surface area contributed by atoms with Crippen LogP contribution in [0.25, 0.3) is 0 Å². The number of nitro benzene ring substituents is 1. The van der Waals surface area contributed by atoms with E-state index < -0.39 is 4.92 Å². The topological polar surface area (TPSA) is 55.6 Å². The largest absolute Gasteiger partial charge is 0.379 e. The number of ether oxygens (including phenoxy) is 1. The van der Waals surface area contributed by atoms with Gasteiger partial charge in [-0.25, -0.2) is 0 Å². The van der Waals surface area contributed by atoms with Crippen LogP contribution in [-0.4, -0.2) is 40.3 Å². The Morgan fingerprint density at radius 1 is 1.37 bits per heavy atom. The van der Waals surface area contributed by atoms with E-state index in [0.717, 1.165) is 31.2 Å². The zero-order chi connectivity index (χ0) is 13.9. The molecule has 1 aromatic rings. The minimum Gasteiger partial charge on any atom is -0.379 e. The molecule has 0 aromatic heterocycles. The molecule has 5 nitrogen and oxygen atoms in total. The monoisotopic (exact) mass is 300 g/mol. The molecule has 1 heterocycles. The first-order valence-corrected chi connectivity index (χ1v) is 7.24. The van der Waals surface area contributed by atoms with Crippen LogP contribution in [0.2, 0.25) is 0 Å². The smallest absolute Gasteiger partial charge is 0.269 e. The number of nitrogens with zero attached hydrogens (tertiary/aromatic N) is 2. The molecule has 1 atom stereocenters. The normalized spacial score (nSPS) is 19.9. The van der Waals surface area contributed by atoms with E-state index in [1.165, 1.54) is 12.1 Å². The highest BCUT2D eigenvalue weighted by molar-refractivity contribution is 8.11. The van der Waals surface area contributed by atoms with Gasteiger partial charge >= 0.3 is 0 Å². The van der Waals surface area contributed by atoms with Crippen LogP contribution in [0.5, 0.6) is 0 Å². The lowest BCUT2D eigenvalue weighted by atomic mass is 10.3. The van der Waals surface area contributed by atoms with E-state index in [0.29, 0.717) is 0 Å². The van der Waals surface area contributed by atoms with Crippen LogP contribution in [0.4, 0.5) is 5.69 Å². The molecule has 0 bridgehead atoms. The number of non-ortho nitro benzene ring substituents is 1. The van der Waals surface area contributed by atoms with Gasteiger partial charge in [0, 0.05) is 30.1 Å². The van der Waals surface area contributed by atoms with E-state index in [-0.39, 0.29) is 9.89 Å². The number of thiol groups is 1. The summed E-state index contributed by atoms with van der Waals surface area (Å²) in [6, 6.07) is 6.56. The van der Waals surface area contributed by atoms with Gasteiger partial charge in [0.15, 0.2) is 0 Å². The molecular weight excluding hydrogens is 284 g/mol. The van der Waals surface area contributed by atoms with E-state index in [4.69, 9.17) is 17.4 Å². The van der Waals surface area contributed by atoms with Crippen LogP contribution in [0, 0.1) is 10.1 Å². The van der Waals surface area contributed by atoms with Crippen LogP contribution < -0.4 is 0 Å². The Morgan fingerprint density at radius 2 is 1.95 bits per heavy atom. The molecule has 0 radical (unpaired) electrons. The Balaban J connectivity index is 2.04. The van der Waals surface area contributed by atoms with Crippen molar-refractivity contribution in [3.05, 3.63) is 34.4 Å². The minimum absolute atomic E-state index is 0.108. The predicted octanol–water partition coefficient (Wildman–Crippen LogP) is 2.62. The van der Waals surface area contributed by atoms with Crippen molar-refractivity contribution in [3.63, 3.8) is 0 Å². The lowest BCUT2D eigenvalue weighted by molar-refractivity contribution is -0.384. The summed E-state index contributed by atoms with van der Waals surface area (Å²) in [6.45, 7) is 5.17. The lowest BCUT2D eigenvalue weighted by Crippen LogP contribution is -2.46. The first-order valence-electron chi connectivity index (χ1n) is 5.98. The van der Waals surface area contributed by atoms with Crippen molar-refractivity contribution >= 4 is 30.1 Å². The SMILES string of the molecule is CC(S)(Sc1ccc([N+](=O)[O-])cc1)N1CCOCC1. The van der Waals surface area contributed by atoms with E-state index in [1.54, 1.807) is 23.9 Å². The number of nitro groups is 1. The fourth-order valence-corrected chi connectivity index (χ4v) is 3.45. The highest BCUT2D eigenvalue weighted by atomic mass is 32.2.